The monoisotopic (exact) mass is 265 g/mol. The van der Waals surface area contributed by atoms with Gasteiger partial charge in [-0.3, -0.25) is 4.68 Å². The van der Waals surface area contributed by atoms with Crippen LogP contribution in [0.25, 0.3) is 0 Å². The van der Waals surface area contributed by atoms with Crippen molar-refractivity contribution < 1.29 is 0 Å². The van der Waals surface area contributed by atoms with E-state index >= 15 is 0 Å². The van der Waals surface area contributed by atoms with Gasteiger partial charge in [0.25, 0.3) is 0 Å². The van der Waals surface area contributed by atoms with Gasteiger partial charge in [-0.1, -0.05) is 58.8 Å². The number of aryl methyl sites for hydroxylation is 1. The van der Waals surface area contributed by atoms with Crippen LogP contribution in [0.15, 0.2) is 12.3 Å². The summed E-state index contributed by atoms with van der Waals surface area (Å²) in [4.78, 5) is 0. The molecule has 0 aliphatic carbocycles. The Hall–Kier alpha value is -0.830. The number of rotatable bonds is 12. The van der Waals surface area contributed by atoms with Gasteiger partial charge in [0.2, 0.25) is 0 Å². The molecule has 0 spiro atoms. The Morgan fingerprint density at radius 3 is 2.37 bits per heavy atom. The van der Waals surface area contributed by atoms with Gasteiger partial charge < -0.3 is 5.32 Å². The molecule has 1 rings (SSSR count). The summed E-state index contributed by atoms with van der Waals surface area (Å²) in [6, 6.07) is 2.12. The lowest BCUT2D eigenvalue weighted by Crippen LogP contribution is -2.12. The van der Waals surface area contributed by atoms with E-state index in [1.165, 1.54) is 51.4 Å². The second kappa shape index (κ2) is 11.0. The second-order valence-corrected chi connectivity index (χ2v) is 5.33. The van der Waals surface area contributed by atoms with Crippen LogP contribution in [-0.4, -0.2) is 16.3 Å². The molecule has 3 nitrogen and oxygen atoms in total. The quantitative estimate of drug-likeness (QED) is 0.576. The van der Waals surface area contributed by atoms with Crippen molar-refractivity contribution in [2.75, 3.05) is 6.54 Å². The van der Waals surface area contributed by atoms with Crippen molar-refractivity contribution >= 4 is 0 Å². The van der Waals surface area contributed by atoms with Crippen molar-refractivity contribution in [2.24, 2.45) is 0 Å². The van der Waals surface area contributed by atoms with Crippen molar-refractivity contribution in [3.8, 4) is 0 Å². The number of hydrogen-bond acceptors (Lipinski definition) is 2. The fourth-order valence-corrected chi connectivity index (χ4v) is 2.28. The van der Waals surface area contributed by atoms with Gasteiger partial charge in [0.15, 0.2) is 0 Å². The van der Waals surface area contributed by atoms with E-state index in [9.17, 15) is 0 Å². The van der Waals surface area contributed by atoms with Gasteiger partial charge in [-0.25, -0.2) is 0 Å². The Kier molecular flexibility index (Phi) is 9.42. The molecule has 0 saturated heterocycles. The van der Waals surface area contributed by atoms with Crippen LogP contribution in [0, 0.1) is 0 Å². The molecule has 1 N–H and O–H groups in total. The maximum absolute atomic E-state index is 4.56. The molecule has 110 valence electrons. The third-order valence-electron chi connectivity index (χ3n) is 3.49. The number of unbranched alkanes of at least 4 members (excludes halogenated alkanes) is 7. The van der Waals surface area contributed by atoms with Crippen LogP contribution in [0.2, 0.25) is 0 Å². The van der Waals surface area contributed by atoms with Crippen molar-refractivity contribution in [2.45, 2.75) is 78.3 Å². The van der Waals surface area contributed by atoms with Crippen molar-refractivity contribution in [3.63, 3.8) is 0 Å². The van der Waals surface area contributed by atoms with E-state index in [1.807, 2.05) is 0 Å². The molecule has 19 heavy (non-hydrogen) atoms. The number of hydrogen-bond donors (Lipinski definition) is 1. The summed E-state index contributed by atoms with van der Waals surface area (Å²) in [6.45, 7) is 7.36. The highest BCUT2D eigenvalue weighted by atomic mass is 15.3. The van der Waals surface area contributed by atoms with Crippen LogP contribution in [0.4, 0.5) is 0 Å². The molecular formula is C16H31N3. The molecule has 0 amide bonds. The standard InChI is InChI=1S/C16H31N3/c1-3-5-6-7-8-9-10-11-13-19-14-12-16(18-19)15-17-4-2/h12,14,17H,3-11,13,15H2,1-2H3. The third-order valence-corrected chi connectivity index (χ3v) is 3.49. The maximum Gasteiger partial charge on any atom is 0.0762 e. The second-order valence-electron chi connectivity index (χ2n) is 5.33. The highest BCUT2D eigenvalue weighted by Gasteiger charge is 1.98. The first-order valence-electron chi connectivity index (χ1n) is 8.09. The van der Waals surface area contributed by atoms with E-state index in [0.29, 0.717) is 0 Å². The average Bonchev–Trinajstić information content (AvgIpc) is 2.87. The number of aromatic nitrogens is 2. The lowest BCUT2D eigenvalue weighted by Gasteiger charge is -2.03. The molecule has 0 atom stereocenters. The Morgan fingerprint density at radius 1 is 1.00 bits per heavy atom. The number of nitrogens with one attached hydrogen (secondary N) is 1. The SMILES string of the molecule is CCCCCCCCCCn1ccc(CNCC)n1. The van der Waals surface area contributed by atoms with E-state index in [1.54, 1.807) is 0 Å². The minimum Gasteiger partial charge on any atom is -0.311 e. The van der Waals surface area contributed by atoms with Crippen molar-refractivity contribution in [3.05, 3.63) is 18.0 Å². The van der Waals surface area contributed by atoms with Gasteiger partial charge in [0, 0.05) is 19.3 Å². The molecule has 0 aliphatic heterocycles. The zero-order valence-corrected chi connectivity index (χ0v) is 12.8. The summed E-state index contributed by atoms with van der Waals surface area (Å²) in [5.74, 6) is 0. The predicted molar refractivity (Wildman–Crippen MR) is 82.2 cm³/mol. The Bertz CT molecular complexity index is 307. The molecule has 0 fully saturated rings. The first-order valence-corrected chi connectivity index (χ1v) is 8.09. The summed E-state index contributed by atoms with van der Waals surface area (Å²) in [6.07, 6.45) is 13.1. The fourth-order valence-electron chi connectivity index (χ4n) is 2.28. The summed E-state index contributed by atoms with van der Waals surface area (Å²) >= 11 is 0. The van der Waals surface area contributed by atoms with Crippen LogP contribution in [0.3, 0.4) is 0 Å². The van der Waals surface area contributed by atoms with Crippen LogP contribution in [0.5, 0.6) is 0 Å². The van der Waals surface area contributed by atoms with Gasteiger partial charge in [-0.05, 0) is 19.0 Å². The van der Waals surface area contributed by atoms with Crippen molar-refractivity contribution in [1.82, 2.24) is 15.1 Å². The molecule has 0 radical (unpaired) electrons. The highest BCUT2D eigenvalue weighted by Crippen LogP contribution is 2.09. The van der Waals surface area contributed by atoms with Gasteiger partial charge in [0.05, 0.1) is 5.69 Å². The molecule has 1 aromatic rings. The van der Waals surface area contributed by atoms with Gasteiger partial charge in [-0.2, -0.15) is 5.10 Å². The van der Waals surface area contributed by atoms with Crippen molar-refractivity contribution in [1.29, 1.82) is 0 Å². The van der Waals surface area contributed by atoms with Gasteiger partial charge in [-0.15, -0.1) is 0 Å². The van der Waals surface area contributed by atoms with Gasteiger partial charge in [0.1, 0.15) is 0 Å². The van der Waals surface area contributed by atoms with E-state index in [4.69, 9.17) is 0 Å². The minimum absolute atomic E-state index is 0.890. The Balaban J connectivity index is 1.98. The maximum atomic E-state index is 4.56. The smallest absolute Gasteiger partial charge is 0.0762 e. The number of nitrogens with zero attached hydrogens (tertiary/aromatic N) is 2. The average molecular weight is 265 g/mol. The fraction of sp³-hybridized carbons (Fsp3) is 0.812. The van der Waals surface area contributed by atoms with Gasteiger partial charge >= 0.3 is 0 Å². The van der Waals surface area contributed by atoms with Crippen LogP contribution in [0.1, 0.15) is 70.9 Å². The molecule has 1 aromatic heterocycles. The van der Waals surface area contributed by atoms with Crippen LogP contribution < -0.4 is 5.32 Å². The molecular weight excluding hydrogens is 234 g/mol. The molecule has 0 aromatic carbocycles. The Morgan fingerprint density at radius 2 is 1.68 bits per heavy atom. The minimum atomic E-state index is 0.890. The predicted octanol–water partition coefficient (Wildman–Crippen LogP) is 4.13. The molecule has 1 heterocycles. The van der Waals surface area contributed by atoms with E-state index in [-0.39, 0.29) is 0 Å². The molecule has 0 unspecified atom stereocenters. The zero-order chi connectivity index (χ0) is 13.8. The summed E-state index contributed by atoms with van der Waals surface area (Å²) in [5.41, 5.74) is 1.15. The van der Waals surface area contributed by atoms with E-state index in [0.717, 1.165) is 25.3 Å². The molecule has 0 bridgehead atoms. The molecule has 3 heteroatoms. The zero-order valence-electron chi connectivity index (χ0n) is 12.8. The largest absolute Gasteiger partial charge is 0.311 e. The summed E-state index contributed by atoms with van der Waals surface area (Å²) in [7, 11) is 0. The lowest BCUT2D eigenvalue weighted by atomic mass is 10.1. The van der Waals surface area contributed by atoms with Crippen LogP contribution in [-0.2, 0) is 13.1 Å². The third kappa shape index (κ3) is 8.04. The highest BCUT2D eigenvalue weighted by molar-refractivity contribution is 4.98. The summed E-state index contributed by atoms with van der Waals surface area (Å²) < 4.78 is 2.09. The topological polar surface area (TPSA) is 29.9 Å². The van der Waals surface area contributed by atoms with E-state index < -0.39 is 0 Å². The summed E-state index contributed by atoms with van der Waals surface area (Å²) in [5, 5.41) is 7.86. The van der Waals surface area contributed by atoms with E-state index in [2.05, 4.69) is 41.2 Å². The molecule has 0 aliphatic rings. The first-order chi connectivity index (χ1) is 9.36. The Labute approximate surface area is 118 Å². The lowest BCUT2D eigenvalue weighted by molar-refractivity contribution is 0.515. The molecule has 0 saturated carbocycles. The van der Waals surface area contributed by atoms with Crippen LogP contribution >= 0.6 is 0 Å². The first kappa shape index (κ1) is 16.2. The normalized spacial score (nSPS) is 11.1.